The van der Waals surface area contributed by atoms with Crippen molar-refractivity contribution < 1.29 is 14.0 Å². The molecule has 1 heterocycles. The summed E-state index contributed by atoms with van der Waals surface area (Å²) >= 11 is 0. The summed E-state index contributed by atoms with van der Waals surface area (Å²) in [7, 11) is 3.21. The Labute approximate surface area is 123 Å². The SMILES string of the molecule is COc1ccc(-c2noc(CCNC3CC3)n2)cc1OC. The van der Waals surface area contributed by atoms with E-state index in [4.69, 9.17) is 14.0 Å². The van der Waals surface area contributed by atoms with Crippen molar-refractivity contribution >= 4 is 0 Å². The van der Waals surface area contributed by atoms with E-state index in [1.807, 2.05) is 18.2 Å². The number of ether oxygens (including phenoxy) is 2. The molecule has 0 amide bonds. The third-order valence-corrected chi connectivity index (χ3v) is 3.46. The van der Waals surface area contributed by atoms with Crippen LogP contribution in [0.5, 0.6) is 11.5 Å². The van der Waals surface area contributed by atoms with Gasteiger partial charge < -0.3 is 19.3 Å². The molecule has 1 aliphatic carbocycles. The molecule has 0 aliphatic heterocycles. The Balaban J connectivity index is 1.69. The van der Waals surface area contributed by atoms with E-state index in [0.29, 0.717) is 29.3 Å². The zero-order valence-electron chi connectivity index (χ0n) is 12.3. The summed E-state index contributed by atoms with van der Waals surface area (Å²) < 4.78 is 15.8. The quantitative estimate of drug-likeness (QED) is 0.841. The highest BCUT2D eigenvalue weighted by Crippen LogP contribution is 2.31. The van der Waals surface area contributed by atoms with E-state index >= 15 is 0 Å². The molecule has 1 saturated carbocycles. The van der Waals surface area contributed by atoms with Gasteiger partial charge in [-0.05, 0) is 31.0 Å². The molecule has 21 heavy (non-hydrogen) atoms. The maximum Gasteiger partial charge on any atom is 0.228 e. The molecule has 0 radical (unpaired) electrons. The molecule has 3 rings (SSSR count). The predicted molar refractivity (Wildman–Crippen MR) is 77.6 cm³/mol. The van der Waals surface area contributed by atoms with Gasteiger partial charge in [0.15, 0.2) is 11.5 Å². The Hall–Kier alpha value is -2.08. The van der Waals surface area contributed by atoms with Crippen LogP contribution in [-0.4, -0.2) is 36.9 Å². The van der Waals surface area contributed by atoms with Gasteiger partial charge in [0, 0.05) is 24.6 Å². The van der Waals surface area contributed by atoms with Gasteiger partial charge in [-0.25, -0.2) is 0 Å². The molecule has 1 fully saturated rings. The lowest BCUT2D eigenvalue weighted by Gasteiger charge is -2.07. The molecule has 0 bridgehead atoms. The van der Waals surface area contributed by atoms with Crippen LogP contribution >= 0.6 is 0 Å². The van der Waals surface area contributed by atoms with Crippen LogP contribution in [0.2, 0.25) is 0 Å². The lowest BCUT2D eigenvalue weighted by Crippen LogP contribution is -2.19. The Kier molecular flexibility index (Phi) is 4.06. The van der Waals surface area contributed by atoms with Crippen LogP contribution in [0.3, 0.4) is 0 Å². The van der Waals surface area contributed by atoms with Crippen LogP contribution in [0.25, 0.3) is 11.4 Å². The number of methoxy groups -OCH3 is 2. The largest absolute Gasteiger partial charge is 0.493 e. The molecule has 0 unspecified atom stereocenters. The van der Waals surface area contributed by atoms with Crippen molar-refractivity contribution in [2.24, 2.45) is 0 Å². The molecule has 6 nitrogen and oxygen atoms in total. The van der Waals surface area contributed by atoms with E-state index in [2.05, 4.69) is 15.5 Å². The van der Waals surface area contributed by atoms with Crippen molar-refractivity contribution in [1.82, 2.24) is 15.5 Å². The number of aromatic nitrogens is 2. The maximum atomic E-state index is 5.28. The van der Waals surface area contributed by atoms with Gasteiger partial charge in [0.25, 0.3) is 0 Å². The highest BCUT2D eigenvalue weighted by Gasteiger charge is 2.20. The highest BCUT2D eigenvalue weighted by molar-refractivity contribution is 5.60. The van der Waals surface area contributed by atoms with E-state index in [1.165, 1.54) is 12.8 Å². The Morgan fingerprint density at radius 3 is 2.76 bits per heavy atom. The first-order chi connectivity index (χ1) is 10.3. The van der Waals surface area contributed by atoms with Gasteiger partial charge >= 0.3 is 0 Å². The minimum Gasteiger partial charge on any atom is -0.493 e. The Bertz CT molecular complexity index is 608. The summed E-state index contributed by atoms with van der Waals surface area (Å²) in [6, 6.07) is 6.26. The first-order valence-electron chi connectivity index (χ1n) is 7.08. The molecule has 1 N–H and O–H groups in total. The summed E-state index contributed by atoms with van der Waals surface area (Å²) in [5.74, 6) is 2.54. The second kappa shape index (κ2) is 6.13. The molecule has 6 heteroatoms. The first-order valence-corrected chi connectivity index (χ1v) is 7.08. The molecule has 1 aliphatic rings. The van der Waals surface area contributed by atoms with Gasteiger partial charge in [-0.15, -0.1) is 0 Å². The average molecular weight is 289 g/mol. The fraction of sp³-hybridized carbons (Fsp3) is 0.467. The molecular formula is C15H19N3O3. The van der Waals surface area contributed by atoms with Crippen LogP contribution in [0.15, 0.2) is 22.7 Å². The van der Waals surface area contributed by atoms with E-state index in [0.717, 1.165) is 18.5 Å². The van der Waals surface area contributed by atoms with Crippen LogP contribution in [0.1, 0.15) is 18.7 Å². The number of benzene rings is 1. The number of nitrogens with one attached hydrogen (secondary N) is 1. The normalized spacial score (nSPS) is 14.2. The summed E-state index contributed by atoms with van der Waals surface area (Å²) in [4.78, 5) is 4.41. The molecule has 1 aromatic carbocycles. The van der Waals surface area contributed by atoms with E-state index in [9.17, 15) is 0 Å². The fourth-order valence-corrected chi connectivity index (χ4v) is 2.12. The number of nitrogens with zero attached hydrogens (tertiary/aromatic N) is 2. The van der Waals surface area contributed by atoms with Crippen molar-refractivity contribution in [3.63, 3.8) is 0 Å². The minimum absolute atomic E-state index is 0.567. The molecule has 0 atom stereocenters. The lowest BCUT2D eigenvalue weighted by atomic mass is 10.2. The Morgan fingerprint density at radius 2 is 2.05 bits per heavy atom. The van der Waals surface area contributed by atoms with Crippen LogP contribution < -0.4 is 14.8 Å². The molecule has 112 valence electrons. The maximum absolute atomic E-state index is 5.28. The van der Waals surface area contributed by atoms with Gasteiger partial charge in [-0.2, -0.15) is 4.98 Å². The first kappa shape index (κ1) is 13.9. The van der Waals surface area contributed by atoms with Crippen LogP contribution in [0, 0.1) is 0 Å². The van der Waals surface area contributed by atoms with Crippen molar-refractivity contribution in [2.75, 3.05) is 20.8 Å². The van der Waals surface area contributed by atoms with Gasteiger partial charge in [-0.3, -0.25) is 0 Å². The fourth-order valence-electron chi connectivity index (χ4n) is 2.12. The number of rotatable bonds is 7. The van der Waals surface area contributed by atoms with E-state index in [1.54, 1.807) is 14.2 Å². The van der Waals surface area contributed by atoms with E-state index < -0.39 is 0 Å². The smallest absolute Gasteiger partial charge is 0.228 e. The molecule has 2 aromatic rings. The summed E-state index contributed by atoms with van der Waals surface area (Å²) in [6.45, 7) is 0.873. The number of hydrogen-bond donors (Lipinski definition) is 1. The summed E-state index contributed by atoms with van der Waals surface area (Å²) in [6.07, 6.45) is 3.30. The minimum atomic E-state index is 0.567. The van der Waals surface area contributed by atoms with Gasteiger partial charge in [0.1, 0.15) is 0 Å². The average Bonchev–Trinajstić information content (AvgIpc) is 3.22. The third-order valence-electron chi connectivity index (χ3n) is 3.46. The van der Waals surface area contributed by atoms with Crippen molar-refractivity contribution in [1.29, 1.82) is 0 Å². The van der Waals surface area contributed by atoms with E-state index in [-0.39, 0.29) is 0 Å². The molecule has 0 spiro atoms. The van der Waals surface area contributed by atoms with Crippen molar-refractivity contribution in [2.45, 2.75) is 25.3 Å². The molecule has 1 aromatic heterocycles. The molecule has 0 saturated heterocycles. The van der Waals surface area contributed by atoms with Crippen molar-refractivity contribution in [3.05, 3.63) is 24.1 Å². The second-order valence-electron chi connectivity index (χ2n) is 5.06. The monoisotopic (exact) mass is 289 g/mol. The molecular weight excluding hydrogens is 270 g/mol. The Morgan fingerprint density at radius 1 is 1.24 bits per heavy atom. The summed E-state index contributed by atoms with van der Waals surface area (Å²) in [5.41, 5.74) is 0.845. The topological polar surface area (TPSA) is 69.4 Å². The van der Waals surface area contributed by atoms with Crippen LogP contribution in [-0.2, 0) is 6.42 Å². The second-order valence-corrected chi connectivity index (χ2v) is 5.06. The predicted octanol–water partition coefficient (Wildman–Crippen LogP) is 2.05. The zero-order valence-corrected chi connectivity index (χ0v) is 12.3. The van der Waals surface area contributed by atoms with Crippen molar-refractivity contribution in [3.8, 4) is 22.9 Å². The van der Waals surface area contributed by atoms with Crippen LogP contribution in [0.4, 0.5) is 0 Å². The standard InChI is InChI=1S/C15H19N3O3/c1-19-12-6-3-10(9-13(12)20-2)15-17-14(21-18-15)7-8-16-11-4-5-11/h3,6,9,11,16H,4-5,7-8H2,1-2H3. The lowest BCUT2D eigenvalue weighted by molar-refractivity contribution is 0.355. The third kappa shape index (κ3) is 3.33. The zero-order chi connectivity index (χ0) is 14.7. The van der Waals surface area contributed by atoms with Gasteiger partial charge in [0.2, 0.25) is 11.7 Å². The van der Waals surface area contributed by atoms with Gasteiger partial charge in [0.05, 0.1) is 14.2 Å². The summed E-state index contributed by atoms with van der Waals surface area (Å²) in [5, 5.41) is 7.44. The highest BCUT2D eigenvalue weighted by atomic mass is 16.5. The van der Waals surface area contributed by atoms with Gasteiger partial charge in [-0.1, -0.05) is 5.16 Å². The number of hydrogen-bond acceptors (Lipinski definition) is 6.